The van der Waals surface area contributed by atoms with Gasteiger partial charge in [-0.25, -0.2) is 19.3 Å². The molecule has 1 saturated heterocycles. The fourth-order valence-electron chi connectivity index (χ4n) is 5.94. The number of aryl methyl sites for hydroxylation is 2. The molecule has 4 aromatic rings. The van der Waals surface area contributed by atoms with Gasteiger partial charge in [-0.3, -0.25) is 24.2 Å². The van der Waals surface area contributed by atoms with Crippen molar-refractivity contribution in [2.24, 2.45) is 0 Å². The molecule has 18 heteroatoms. The van der Waals surface area contributed by atoms with Gasteiger partial charge in [0.2, 0.25) is 5.91 Å². The molecule has 2 aromatic carbocycles. The van der Waals surface area contributed by atoms with Crippen LogP contribution in [0.3, 0.4) is 0 Å². The Bertz CT molecular complexity index is 2030. The van der Waals surface area contributed by atoms with Gasteiger partial charge in [0.15, 0.2) is 17.3 Å². The molecule has 1 aliphatic rings. The Hall–Kier alpha value is -5.09. The molecule has 1 aliphatic heterocycles. The lowest BCUT2D eigenvalue weighted by atomic mass is 10.1. The summed E-state index contributed by atoms with van der Waals surface area (Å²) in [5.41, 5.74) is 9.67. The van der Waals surface area contributed by atoms with E-state index < -0.39 is 31.4 Å². The van der Waals surface area contributed by atoms with Gasteiger partial charge in [0.1, 0.15) is 11.3 Å². The third-order valence-electron chi connectivity index (χ3n) is 8.51. The fourth-order valence-corrected chi connectivity index (χ4v) is 6.39. The molecule has 3 amide bonds. The van der Waals surface area contributed by atoms with Crippen LogP contribution >= 0.6 is 7.82 Å². The van der Waals surface area contributed by atoms with Crippen molar-refractivity contribution in [2.75, 3.05) is 25.5 Å². The standard InChI is InChI=1S/C35H43N6O11P/c1-2-3-10-27-39-32-33(40(27)21-23-8-4-9-26(42)34(23)52-53(47,48)49)24-12-11-22(20-25(24)38-35(32)36)7-5-18-50-19-6-17-37-28(43)13-16-31(46)51-41-29(44)14-15-30(41)45/h4,8-9,11-12,20,42H,2-3,5-7,10,13-19,21H2,1H3,(H2,36,38)(H,37,43)(H2,47,48,49). The summed E-state index contributed by atoms with van der Waals surface area (Å²) < 4.78 is 24.3. The number of hydroxylamine groups is 2. The highest BCUT2D eigenvalue weighted by atomic mass is 31.2. The van der Waals surface area contributed by atoms with Crippen LogP contribution in [0.5, 0.6) is 11.5 Å². The molecule has 0 aliphatic carbocycles. The number of phosphoric acid groups is 1. The topological polar surface area (TPSA) is 246 Å². The molecule has 284 valence electrons. The Morgan fingerprint density at radius 2 is 1.75 bits per heavy atom. The maximum Gasteiger partial charge on any atom is 0.524 e. The molecule has 3 heterocycles. The van der Waals surface area contributed by atoms with E-state index in [0.29, 0.717) is 72.0 Å². The first-order valence-electron chi connectivity index (χ1n) is 17.4. The lowest BCUT2D eigenvalue weighted by Gasteiger charge is -2.16. The van der Waals surface area contributed by atoms with Gasteiger partial charge < -0.3 is 34.8 Å². The minimum Gasteiger partial charge on any atom is -0.504 e. The Morgan fingerprint density at radius 3 is 2.49 bits per heavy atom. The van der Waals surface area contributed by atoms with Crippen LogP contribution in [0.4, 0.5) is 5.82 Å². The normalized spacial score (nSPS) is 13.3. The lowest BCUT2D eigenvalue weighted by Crippen LogP contribution is -2.32. The number of imide groups is 1. The number of pyridine rings is 1. The largest absolute Gasteiger partial charge is 0.524 e. The molecule has 1 fully saturated rings. The second-order valence-electron chi connectivity index (χ2n) is 12.6. The number of benzene rings is 2. The van der Waals surface area contributed by atoms with Crippen molar-refractivity contribution in [3.8, 4) is 11.5 Å². The molecule has 53 heavy (non-hydrogen) atoms. The third kappa shape index (κ3) is 10.3. The zero-order chi connectivity index (χ0) is 38.1. The minimum atomic E-state index is -4.96. The maximum atomic E-state index is 12.0. The first-order chi connectivity index (χ1) is 25.3. The van der Waals surface area contributed by atoms with E-state index in [1.165, 1.54) is 6.07 Å². The molecule has 0 unspecified atom stereocenters. The van der Waals surface area contributed by atoms with E-state index in [1.807, 2.05) is 22.8 Å². The van der Waals surface area contributed by atoms with Gasteiger partial charge in [0, 0.05) is 56.4 Å². The van der Waals surface area contributed by atoms with Gasteiger partial charge in [-0.05, 0) is 43.4 Å². The Labute approximate surface area is 304 Å². The molecular weight excluding hydrogens is 711 g/mol. The van der Waals surface area contributed by atoms with E-state index in [4.69, 9.17) is 24.8 Å². The van der Waals surface area contributed by atoms with Crippen molar-refractivity contribution in [2.45, 2.75) is 77.7 Å². The van der Waals surface area contributed by atoms with Gasteiger partial charge in [0.05, 0.1) is 24.0 Å². The van der Waals surface area contributed by atoms with Crippen molar-refractivity contribution in [3.63, 3.8) is 0 Å². The maximum absolute atomic E-state index is 12.0. The monoisotopic (exact) mass is 754 g/mol. The van der Waals surface area contributed by atoms with Crippen molar-refractivity contribution >= 4 is 59.3 Å². The number of carbonyl (C=O) groups is 4. The number of carbonyl (C=O) groups excluding carboxylic acids is 4. The third-order valence-corrected chi connectivity index (χ3v) is 8.93. The number of unbranched alkanes of at least 4 members (excludes halogenated alkanes) is 1. The molecule has 2 aromatic heterocycles. The number of anilines is 1. The number of hydrogen-bond donors (Lipinski definition) is 5. The van der Waals surface area contributed by atoms with Gasteiger partial charge in [-0.2, -0.15) is 0 Å². The van der Waals surface area contributed by atoms with Crippen LogP contribution in [0.1, 0.15) is 75.2 Å². The predicted molar refractivity (Wildman–Crippen MR) is 191 cm³/mol. The van der Waals surface area contributed by atoms with Crippen molar-refractivity contribution < 1.29 is 52.7 Å². The Kier molecular flexibility index (Phi) is 13.0. The molecule has 5 rings (SSSR count). The van der Waals surface area contributed by atoms with E-state index in [9.17, 15) is 38.6 Å². The van der Waals surface area contributed by atoms with Crippen molar-refractivity contribution in [1.29, 1.82) is 0 Å². The molecular formula is C35H43N6O11P. The number of fused-ring (bicyclic) bond motifs is 3. The zero-order valence-corrected chi connectivity index (χ0v) is 30.2. The molecule has 0 spiro atoms. The summed E-state index contributed by atoms with van der Waals surface area (Å²) in [5, 5.41) is 14.4. The predicted octanol–water partition coefficient (Wildman–Crippen LogP) is 3.58. The molecule has 17 nitrogen and oxygen atoms in total. The highest BCUT2D eigenvalue weighted by Crippen LogP contribution is 2.44. The van der Waals surface area contributed by atoms with Crippen LogP contribution in [-0.4, -0.2) is 77.9 Å². The number of aromatic nitrogens is 3. The number of nitrogens with one attached hydrogen (secondary N) is 1. The minimum absolute atomic E-state index is 0.000245. The lowest BCUT2D eigenvalue weighted by molar-refractivity contribution is -0.197. The number of ether oxygens (including phenoxy) is 1. The second-order valence-corrected chi connectivity index (χ2v) is 13.7. The molecule has 0 atom stereocenters. The summed E-state index contributed by atoms with van der Waals surface area (Å²) in [7, 11) is -4.96. The van der Waals surface area contributed by atoms with Crippen molar-refractivity contribution in [3.05, 3.63) is 53.3 Å². The Balaban J connectivity index is 1.15. The van der Waals surface area contributed by atoms with Crippen LogP contribution in [-0.2, 0) is 52.7 Å². The van der Waals surface area contributed by atoms with Gasteiger partial charge in [-0.1, -0.05) is 37.6 Å². The first kappa shape index (κ1) is 39.1. The van der Waals surface area contributed by atoms with Gasteiger partial charge in [-0.15, -0.1) is 5.06 Å². The summed E-state index contributed by atoms with van der Waals surface area (Å²) in [4.78, 5) is 80.2. The van der Waals surface area contributed by atoms with Crippen LogP contribution in [0, 0.1) is 0 Å². The summed E-state index contributed by atoms with van der Waals surface area (Å²) in [5.74, 6) is -2.09. The van der Waals surface area contributed by atoms with Crippen LogP contribution in [0.2, 0.25) is 0 Å². The number of rotatable bonds is 19. The molecule has 6 N–H and O–H groups in total. The number of phenolic OH excluding ortho intramolecular Hbond substituents is 1. The summed E-state index contributed by atoms with van der Waals surface area (Å²) >= 11 is 0. The smallest absolute Gasteiger partial charge is 0.504 e. The summed E-state index contributed by atoms with van der Waals surface area (Å²) in [6, 6.07) is 10.4. The second kappa shape index (κ2) is 17.6. The van der Waals surface area contributed by atoms with Gasteiger partial charge >= 0.3 is 13.8 Å². The summed E-state index contributed by atoms with van der Waals surface area (Å²) in [6.07, 6.45) is 3.95. The van der Waals surface area contributed by atoms with E-state index in [0.717, 1.165) is 30.2 Å². The Morgan fingerprint density at radius 1 is 1.00 bits per heavy atom. The number of nitrogen functional groups attached to an aromatic ring is 1. The number of hydrogen-bond acceptors (Lipinski definition) is 12. The molecule has 0 saturated carbocycles. The van der Waals surface area contributed by atoms with Crippen molar-refractivity contribution in [1.82, 2.24) is 24.9 Å². The average molecular weight is 755 g/mol. The van der Waals surface area contributed by atoms with Crippen LogP contribution < -0.4 is 15.6 Å². The number of aromatic hydroxyl groups is 1. The van der Waals surface area contributed by atoms with E-state index in [-0.39, 0.29) is 49.7 Å². The summed E-state index contributed by atoms with van der Waals surface area (Å²) in [6.45, 7) is 3.41. The SMILES string of the molecule is CCCCc1nc2c(N)nc3cc(CCCOCCCNC(=O)CCC(=O)ON4C(=O)CCC4=O)ccc3c2n1Cc1cccc(O)c1OP(=O)(O)O. The number of phosphoric ester groups is 1. The quantitative estimate of drug-likeness (QED) is 0.0522. The number of para-hydroxylation sites is 1. The zero-order valence-electron chi connectivity index (χ0n) is 29.3. The van der Waals surface area contributed by atoms with Crippen LogP contribution in [0.25, 0.3) is 21.9 Å². The van der Waals surface area contributed by atoms with E-state index in [1.54, 1.807) is 12.1 Å². The number of nitrogens with zero attached hydrogens (tertiary/aromatic N) is 4. The number of imidazole rings is 1. The van der Waals surface area contributed by atoms with Crippen LogP contribution in [0.15, 0.2) is 36.4 Å². The average Bonchev–Trinajstić information content (AvgIpc) is 3.63. The highest BCUT2D eigenvalue weighted by molar-refractivity contribution is 7.46. The molecule has 0 bridgehead atoms. The molecule has 0 radical (unpaired) electrons. The highest BCUT2D eigenvalue weighted by Gasteiger charge is 2.33. The van der Waals surface area contributed by atoms with E-state index >= 15 is 0 Å². The van der Waals surface area contributed by atoms with Gasteiger partial charge in [0.25, 0.3) is 11.8 Å². The van der Waals surface area contributed by atoms with E-state index in [2.05, 4.69) is 17.2 Å². The number of amides is 3. The number of phenols is 1. The number of nitrogens with two attached hydrogens (primary N) is 1. The fraction of sp³-hybridized carbons (Fsp3) is 0.429. The first-order valence-corrected chi connectivity index (χ1v) is 18.9.